The lowest BCUT2D eigenvalue weighted by Crippen LogP contribution is -2.58. The quantitative estimate of drug-likeness (QED) is 0.484. The summed E-state index contributed by atoms with van der Waals surface area (Å²) in [5.74, 6) is -1.60. The molecule has 1 spiro atoms. The number of thioether (sulfide) groups is 1. The number of rotatable bonds is 7. The number of hydrogen-bond donors (Lipinski definition) is 3. The monoisotopic (exact) mass is 547 g/mol. The first-order valence-electron chi connectivity index (χ1n) is 14.3. The molecule has 2 bridgehead atoms. The average molecular weight is 548 g/mol. The largest absolute Gasteiger partial charge is 0.394 e. The number of benzene rings is 2. The van der Waals surface area contributed by atoms with Gasteiger partial charge in [-0.3, -0.25) is 14.4 Å². The molecule has 7 atom stereocenters. The van der Waals surface area contributed by atoms with E-state index in [0.717, 1.165) is 37.7 Å². The number of aliphatic hydroxyl groups is 1. The first kappa shape index (κ1) is 26.4. The maximum Gasteiger partial charge on any atom is 0.244 e. The van der Waals surface area contributed by atoms with E-state index >= 15 is 0 Å². The third-order valence-corrected chi connectivity index (χ3v) is 11.5. The number of anilines is 1. The Kier molecular flexibility index (Phi) is 7.18. The minimum Gasteiger partial charge on any atom is -0.394 e. The zero-order valence-corrected chi connectivity index (χ0v) is 23.1. The lowest BCUT2D eigenvalue weighted by Gasteiger charge is -2.41. The Bertz CT molecular complexity index is 1220. The van der Waals surface area contributed by atoms with Crippen molar-refractivity contribution in [3.05, 3.63) is 66.2 Å². The lowest BCUT2D eigenvalue weighted by atomic mass is 9.65. The number of likely N-dealkylation sites (tertiary alicyclic amines) is 1. The van der Waals surface area contributed by atoms with E-state index in [-0.39, 0.29) is 41.5 Å². The Hall–Kier alpha value is -2.84. The Balaban J connectivity index is 1.40. The number of aliphatic hydroxyl groups excluding tert-OH is 1. The van der Waals surface area contributed by atoms with E-state index in [0.29, 0.717) is 5.69 Å². The predicted molar refractivity (Wildman–Crippen MR) is 152 cm³/mol. The number of nitrogens with zero attached hydrogens (tertiary/aromatic N) is 1. The van der Waals surface area contributed by atoms with Crippen LogP contribution in [0.1, 0.15) is 57.1 Å². The third-order valence-electron chi connectivity index (χ3n) is 9.42. The molecule has 3 amide bonds. The SMILES string of the molecule is CC1C[C@@H]2SC13C(C(=O)NC1CCCCC1)N([C@H](CO)c1ccccc1)C(=O)[C@@H]3[C@@H]2C(=O)Nc1ccccc1. The van der Waals surface area contributed by atoms with Gasteiger partial charge in [0.25, 0.3) is 0 Å². The summed E-state index contributed by atoms with van der Waals surface area (Å²) >= 11 is 1.67. The van der Waals surface area contributed by atoms with Crippen molar-refractivity contribution < 1.29 is 19.5 Å². The number of para-hydroxylation sites is 1. The van der Waals surface area contributed by atoms with Gasteiger partial charge in [-0.1, -0.05) is 74.7 Å². The van der Waals surface area contributed by atoms with Crippen molar-refractivity contribution in [3.8, 4) is 0 Å². The molecule has 2 aromatic carbocycles. The van der Waals surface area contributed by atoms with Crippen molar-refractivity contribution in [2.75, 3.05) is 11.9 Å². The molecule has 206 valence electrons. The molecule has 3 saturated heterocycles. The number of carbonyl (C=O) groups is 3. The highest BCUT2D eigenvalue weighted by Crippen LogP contribution is 2.69. The standard InChI is InChI=1S/C31H37N3O4S/c1-19-17-24-25(28(36)32-21-13-7-3-8-14-21)26-30(38)34(23(18-35)20-11-5-2-6-12-20)27(31(19,26)39-24)29(37)33-22-15-9-4-10-16-22/h2-3,5-8,11-14,19,22-27,35H,4,9-10,15-18H2,1H3,(H,32,36)(H,33,37)/t19?,23-,24+,25-,26+,27?,31?/m1/s1. The molecule has 2 aromatic rings. The van der Waals surface area contributed by atoms with Crippen LogP contribution in [-0.4, -0.2) is 56.4 Å². The first-order chi connectivity index (χ1) is 19.0. The maximum absolute atomic E-state index is 14.5. The molecule has 4 fully saturated rings. The van der Waals surface area contributed by atoms with Gasteiger partial charge in [-0.25, -0.2) is 0 Å². The smallest absolute Gasteiger partial charge is 0.244 e. The van der Waals surface area contributed by atoms with Crippen molar-refractivity contribution in [2.24, 2.45) is 17.8 Å². The summed E-state index contributed by atoms with van der Waals surface area (Å²) in [4.78, 5) is 44.2. The maximum atomic E-state index is 14.5. The van der Waals surface area contributed by atoms with Crippen molar-refractivity contribution >= 4 is 35.2 Å². The fourth-order valence-electron chi connectivity index (χ4n) is 7.70. The molecule has 3 unspecified atom stereocenters. The Morgan fingerprint density at radius 2 is 1.69 bits per heavy atom. The van der Waals surface area contributed by atoms with Crippen LogP contribution in [0, 0.1) is 17.8 Å². The zero-order valence-electron chi connectivity index (χ0n) is 22.3. The zero-order chi connectivity index (χ0) is 27.1. The van der Waals surface area contributed by atoms with E-state index in [1.165, 1.54) is 6.42 Å². The topological polar surface area (TPSA) is 98.7 Å². The van der Waals surface area contributed by atoms with Gasteiger partial charge < -0.3 is 20.6 Å². The van der Waals surface area contributed by atoms with E-state index in [2.05, 4.69) is 17.6 Å². The molecule has 8 heteroatoms. The lowest BCUT2D eigenvalue weighted by molar-refractivity contribution is -0.142. The fraction of sp³-hybridized carbons (Fsp3) is 0.516. The summed E-state index contributed by atoms with van der Waals surface area (Å²) < 4.78 is -0.721. The first-order valence-corrected chi connectivity index (χ1v) is 15.2. The van der Waals surface area contributed by atoms with E-state index in [4.69, 9.17) is 0 Å². The molecular formula is C31H37N3O4S. The Morgan fingerprint density at radius 3 is 2.36 bits per heavy atom. The minimum absolute atomic E-state index is 0.0332. The number of amides is 3. The molecule has 3 aliphatic heterocycles. The van der Waals surface area contributed by atoms with Crippen LogP contribution in [0.4, 0.5) is 5.69 Å². The van der Waals surface area contributed by atoms with Crippen LogP contribution in [0.2, 0.25) is 0 Å². The molecule has 1 saturated carbocycles. The van der Waals surface area contributed by atoms with Gasteiger partial charge in [0.15, 0.2) is 0 Å². The number of nitrogens with one attached hydrogen (secondary N) is 2. The average Bonchev–Trinajstić information content (AvgIpc) is 3.55. The molecule has 6 rings (SSSR count). The molecule has 3 N–H and O–H groups in total. The number of carbonyl (C=O) groups excluding carboxylic acids is 3. The molecule has 39 heavy (non-hydrogen) atoms. The van der Waals surface area contributed by atoms with Gasteiger partial charge in [0.2, 0.25) is 17.7 Å². The summed E-state index contributed by atoms with van der Waals surface area (Å²) in [6.45, 7) is 1.83. The van der Waals surface area contributed by atoms with E-state index in [1.54, 1.807) is 16.7 Å². The molecule has 7 nitrogen and oxygen atoms in total. The van der Waals surface area contributed by atoms with E-state index in [9.17, 15) is 19.5 Å². The van der Waals surface area contributed by atoms with Crippen molar-refractivity contribution in [1.82, 2.24) is 10.2 Å². The summed E-state index contributed by atoms with van der Waals surface area (Å²) in [5.41, 5.74) is 1.49. The second kappa shape index (κ2) is 10.6. The highest BCUT2D eigenvalue weighted by molar-refractivity contribution is 8.02. The van der Waals surface area contributed by atoms with Gasteiger partial charge in [0.05, 0.1) is 29.2 Å². The Morgan fingerprint density at radius 1 is 1.03 bits per heavy atom. The molecular weight excluding hydrogens is 510 g/mol. The predicted octanol–water partition coefficient (Wildman–Crippen LogP) is 4.14. The van der Waals surface area contributed by atoms with Gasteiger partial charge in [-0.05, 0) is 42.9 Å². The van der Waals surface area contributed by atoms with Crippen LogP contribution in [0.5, 0.6) is 0 Å². The fourth-order valence-corrected chi connectivity index (χ4v) is 10.1. The van der Waals surface area contributed by atoms with Crippen molar-refractivity contribution in [2.45, 2.75) is 73.6 Å². The van der Waals surface area contributed by atoms with Gasteiger partial charge >= 0.3 is 0 Å². The molecule has 0 aromatic heterocycles. The molecule has 1 aliphatic carbocycles. The minimum atomic E-state index is -0.756. The van der Waals surface area contributed by atoms with E-state index < -0.39 is 28.7 Å². The normalized spacial score (nSPS) is 32.6. The highest BCUT2D eigenvalue weighted by atomic mass is 32.2. The van der Waals surface area contributed by atoms with E-state index in [1.807, 2.05) is 60.7 Å². The second-order valence-electron chi connectivity index (χ2n) is 11.6. The third kappa shape index (κ3) is 4.36. The Labute approximate surface area is 234 Å². The summed E-state index contributed by atoms with van der Waals surface area (Å²) in [6.07, 6.45) is 6.02. The van der Waals surface area contributed by atoms with Crippen molar-refractivity contribution in [1.29, 1.82) is 0 Å². The van der Waals surface area contributed by atoms with Gasteiger partial charge in [-0.2, -0.15) is 0 Å². The summed E-state index contributed by atoms with van der Waals surface area (Å²) in [5, 5.41) is 16.9. The second-order valence-corrected chi connectivity index (χ2v) is 13.2. The van der Waals surface area contributed by atoms with Crippen molar-refractivity contribution in [3.63, 3.8) is 0 Å². The summed E-state index contributed by atoms with van der Waals surface area (Å²) in [6, 6.07) is 17.4. The van der Waals surface area contributed by atoms with Gasteiger partial charge in [0.1, 0.15) is 6.04 Å². The molecule has 0 radical (unpaired) electrons. The van der Waals surface area contributed by atoms with Gasteiger partial charge in [-0.15, -0.1) is 11.8 Å². The molecule has 4 aliphatic rings. The van der Waals surface area contributed by atoms with Crippen LogP contribution in [-0.2, 0) is 14.4 Å². The van der Waals surface area contributed by atoms with Crippen LogP contribution in [0.15, 0.2) is 60.7 Å². The van der Waals surface area contributed by atoms with Gasteiger partial charge in [0, 0.05) is 17.0 Å². The number of hydrogen-bond acceptors (Lipinski definition) is 5. The number of fused-ring (bicyclic) bond motifs is 1. The highest BCUT2D eigenvalue weighted by Gasteiger charge is 2.76. The van der Waals surface area contributed by atoms with Crippen LogP contribution in [0.25, 0.3) is 0 Å². The summed E-state index contributed by atoms with van der Waals surface area (Å²) in [7, 11) is 0. The van der Waals surface area contributed by atoms with Crippen LogP contribution >= 0.6 is 11.8 Å². The van der Waals surface area contributed by atoms with Crippen LogP contribution < -0.4 is 10.6 Å². The van der Waals surface area contributed by atoms with Crippen LogP contribution in [0.3, 0.4) is 0 Å². The molecule has 3 heterocycles.